The van der Waals surface area contributed by atoms with Gasteiger partial charge in [-0.2, -0.15) is 0 Å². The molecule has 184 valence electrons. The number of fused-ring (bicyclic) bond motifs is 2. The quantitative estimate of drug-likeness (QED) is 0.288. The van der Waals surface area contributed by atoms with Crippen molar-refractivity contribution in [2.45, 2.75) is 6.54 Å². The topological polar surface area (TPSA) is 50.7 Å². The third kappa shape index (κ3) is 4.41. The Labute approximate surface area is 219 Å². The van der Waals surface area contributed by atoms with Gasteiger partial charge in [-0.25, -0.2) is 9.97 Å². The Kier molecular flexibility index (Phi) is 5.72. The second-order valence-electron chi connectivity index (χ2n) is 9.38. The Morgan fingerprint density at radius 2 is 1.46 bits per heavy atom. The molecule has 2 aliphatic rings. The number of aromatic nitrogens is 2. The van der Waals surface area contributed by atoms with Crippen molar-refractivity contribution in [1.29, 1.82) is 0 Å². The number of thiophene rings is 1. The van der Waals surface area contributed by atoms with E-state index in [1.165, 1.54) is 16.0 Å². The van der Waals surface area contributed by atoms with Crippen LogP contribution in [0.2, 0.25) is 0 Å². The standard InChI is InChI=1S/C30H26N4O2S/c1-3-7-22(8-4-1)27-18-24-29(31-28(32-30(24)37-27)23-9-5-2-6-10-23)34-15-13-33(14-16-34)19-21-11-12-25-26(17-21)36-20-35-25/h1-12,17-18H,13-16,19-20H2. The number of hydrogen-bond acceptors (Lipinski definition) is 7. The highest BCUT2D eigenvalue weighted by molar-refractivity contribution is 7.22. The maximum atomic E-state index is 5.56. The molecular weight excluding hydrogens is 480 g/mol. The number of hydrogen-bond donors (Lipinski definition) is 0. The zero-order valence-electron chi connectivity index (χ0n) is 20.3. The van der Waals surface area contributed by atoms with E-state index in [0.29, 0.717) is 6.79 Å². The highest BCUT2D eigenvalue weighted by atomic mass is 32.1. The average Bonchev–Trinajstić information content (AvgIpc) is 3.61. The third-order valence-electron chi connectivity index (χ3n) is 6.98. The summed E-state index contributed by atoms with van der Waals surface area (Å²) in [6.45, 7) is 4.98. The van der Waals surface area contributed by atoms with Crippen LogP contribution in [0.4, 0.5) is 5.82 Å². The van der Waals surface area contributed by atoms with Gasteiger partial charge in [0.2, 0.25) is 6.79 Å². The van der Waals surface area contributed by atoms with Gasteiger partial charge in [0.25, 0.3) is 0 Å². The lowest BCUT2D eigenvalue weighted by atomic mass is 10.1. The van der Waals surface area contributed by atoms with Crippen LogP contribution in [0.15, 0.2) is 84.9 Å². The van der Waals surface area contributed by atoms with E-state index in [2.05, 4.69) is 70.5 Å². The Morgan fingerprint density at radius 3 is 2.24 bits per heavy atom. The highest BCUT2D eigenvalue weighted by Gasteiger charge is 2.23. The van der Waals surface area contributed by atoms with E-state index >= 15 is 0 Å². The van der Waals surface area contributed by atoms with Gasteiger partial charge in [-0.3, -0.25) is 4.90 Å². The molecule has 0 amide bonds. The van der Waals surface area contributed by atoms with Gasteiger partial charge in [0.05, 0.1) is 5.39 Å². The van der Waals surface area contributed by atoms with Crippen molar-refractivity contribution in [3.05, 3.63) is 90.5 Å². The maximum absolute atomic E-state index is 5.56. The SMILES string of the molecule is c1ccc(-c2nc(N3CCN(Cc4ccc5c(c4)OCO5)CC3)c3cc(-c4ccccc4)sc3n2)cc1. The molecule has 5 aromatic rings. The summed E-state index contributed by atoms with van der Waals surface area (Å²) < 4.78 is 11.0. The summed E-state index contributed by atoms with van der Waals surface area (Å²) in [5.41, 5.74) is 3.51. The smallest absolute Gasteiger partial charge is 0.231 e. The lowest BCUT2D eigenvalue weighted by molar-refractivity contribution is 0.174. The van der Waals surface area contributed by atoms with Crippen molar-refractivity contribution in [3.8, 4) is 33.3 Å². The zero-order valence-corrected chi connectivity index (χ0v) is 21.2. The zero-order chi connectivity index (χ0) is 24.6. The Morgan fingerprint density at radius 1 is 0.730 bits per heavy atom. The van der Waals surface area contributed by atoms with Crippen molar-refractivity contribution in [1.82, 2.24) is 14.9 Å². The molecular formula is C30H26N4O2S. The fraction of sp³-hybridized carbons (Fsp3) is 0.200. The van der Waals surface area contributed by atoms with Crippen molar-refractivity contribution in [2.24, 2.45) is 0 Å². The van der Waals surface area contributed by atoms with Crippen LogP contribution in [0.5, 0.6) is 11.5 Å². The minimum absolute atomic E-state index is 0.310. The predicted molar refractivity (Wildman–Crippen MR) is 148 cm³/mol. The van der Waals surface area contributed by atoms with Crippen LogP contribution in [0.3, 0.4) is 0 Å². The normalized spacial score (nSPS) is 15.4. The number of piperazine rings is 1. The molecule has 0 N–H and O–H groups in total. The van der Waals surface area contributed by atoms with E-state index in [9.17, 15) is 0 Å². The molecule has 0 atom stereocenters. The third-order valence-corrected chi connectivity index (χ3v) is 8.06. The first-order valence-corrected chi connectivity index (χ1v) is 13.4. The molecule has 1 fully saturated rings. The molecule has 2 aromatic heterocycles. The molecule has 3 aromatic carbocycles. The molecule has 0 spiro atoms. The Balaban J connectivity index is 1.18. The van der Waals surface area contributed by atoms with Crippen LogP contribution in [0.1, 0.15) is 5.56 Å². The van der Waals surface area contributed by atoms with E-state index < -0.39 is 0 Å². The average molecular weight is 507 g/mol. The van der Waals surface area contributed by atoms with Gasteiger partial charge in [0.1, 0.15) is 10.6 Å². The summed E-state index contributed by atoms with van der Waals surface area (Å²) in [6, 6.07) is 29.3. The van der Waals surface area contributed by atoms with Crippen molar-refractivity contribution in [2.75, 3.05) is 37.9 Å². The van der Waals surface area contributed by atoms with E-state index in [1.807, 2.05) is 24.3 Å². The summed E-state index contributed by atoms with van der Waals surface area (Å²) in [4.78, 5) is 17.3. The van der Waals surface area contributed by atoms with Gasteiger partial charge in [-0.05, 0) is 29.3 Å². The number of nitrogens with zero attached hydrogens (tertiary/aromatic N) is 4. The number of anilines is 1. The van der Waals surface area contributed by atoms with E-state index in [-0.39, 0.29) is 0 Å². The number of ether oxygens (including phenoxy) is 2. The molecule has 0 bridgehead atoms. The van der Waals surface area contributed by atoms with E-state index in [1.54, 1.807) is 11.3 Å². The highest BCUT2D eigenvalue weighted by Crippen LogP contribution is 2.38. The first-order chi connectivity index (χ1) is 18.3. The number of benzene rings is 3. The molecule has 6 nitrogen and oxygen atoms in total. The van der Waals surface area contributed by atoms with Gasteiger partial charge in [0.15, 0.2) is 17.3 Å². The van der Waals surface area contributed by atoms with Crippen LogP contribution in [0, 0.1) is 0 Å². The van der Waals surface area contributed by atoms with Gasteiger partial charge < -0.3 is 14.4 Å². The molecule has 7 rings (SSSR count). The van der Waals surface area contributed by atoms with Gasteiger partial charge in [0, 0.05) is 43.2 Å². The van der Waals surface area contributed by atoms with Gasteiger partial charge >= 0.3 is 0 Å². The first-order valence-electron chi connectivity index (χ1n) is 12.6. The predicted octanol–water partition coefficient (Wildman–Crippen LogP) is 6.08. The van der Waals surface area contributed by atoms with E-state index in [0.717, 1.165) is 71.6 Å². The summed E-state index contributed by atoms with van der Waals surface area (Å²) in [5, 5.41) is 1.13. The molecule has 0 aliphatic carbocycles. The summed E-state index contributed by atoms with van der Waals surface area (Å²) in [6.07, 6.45) is 0. The minimum atomic E-state index is 0.310. The molecule has 4 heterocycles. The fourth-order valence-electron chi connectivity index (χ4n) is 5.02. The van der Waals surface area contributed by atoms with Gasteiger partial charge in [-0.1, -0.05) is 66.7 Å². The first kappa shape index (κ1) is 22.3. The van der Waals surface area contributed by atoms with E-state index in [4.69, 9.17) is 19.4 Å². The van der Waals surface area contributed by atoms with Crippen LogP contribution in [-0.2, 0) is 6.54 Å². The molecule has 0 radical (unpaired) electrons. The van der Waals surface area contributed by atoms with Crippen LogP contribution in [0.25, 0.3) is 32.0 Å². The molecule has 0 saturated carbocycles. The monoisotopic (exact) mass is 506 g/mol. The second-order valence-corrected chi connectivity index (χ2v) is 10.4. The number of rotatable bonds is 5. The Hall–Kier alpha value is -3.94. The lowest BCUT2D eigenvalue weighted by Gasteiger charge is -2.35. The summed E-state index contributed by atoms with van der Waals surface area (Å²) in [5.74, 6) is 3.50. The maximum Gasteiger partial charge on any atom is 0.231 e. The lowest BCUT2D eigenvalue weighted by Crippen LogP contribution is -2.46. The van der Waals surface area contributed by atoms with Crippen LogP contribution in [-0.4, -0.2) is 47.8 Å². The van der Waals surface area contributed by atoms with Crippen LogP contribution < -0.4 is 14.4 Å². The fourth-order valence-corrected chi connectivity index (χ4v) is 6.06. The van der Waals surface area contributed by atoms with Gasteiger partial charge in [-0.15, -0.1) is 11.3 Å². The van der Waals surface area contributed by atoms with Crippen molar-refractivity contribution < 1.29 is 9.47 Å². The Bertz CT molecular complexity index is 1550. The molecule has 7 heteroatoms. The van der Waals surface area contributed by atoms with Crippen LogP contribution >= 0.6 is 11.3 Å². The molecule has 1 saturated heterocycles. The largest absolute Gasteiger partial charge is 0.454 e. The molecule has 0 unspecified atom stereocenters. The summed E-state index contributed by atoms with van der Waals surface area (Å²) >= 11 is 1.74. The minimum Gasteiger partial charge on any atom is -0.454 e. The van der Waals surface area contributed by atoms with Crippen molar-refractivity contribution in [3.63, 3.8) is 0 Å². The molecule has 37 heavy (non-hydrogen) atoms. The second kappa shape index (κ2) is 9.50. The molecule has 2 aliphatic heterocycles. The summed E-state index contributed by atoms with van der Waals surface area (Å²) in [7, 11) is 0. The van der Waals surface area contributed by atoms with Crippen molar-refractivity contribution >= 4 is 27.4 Å².